The molecule has 0 saturated carbocycles. The average Bonchev–Trinajstić information content (AvgIpc) is 2.53. The summed E-state index contributed by atoms with van der Waals surface area (Å²) in [7, 11) is 0. The van der Waals surface area contributed by atoms with Crippen LogP contribution in [0.25, 0.3) is 11.1 Å². The molecule has 0 atom stereocenters. The molecule has 1 aliphatic carbocycles. The molecule has 2 aromatic carbocycles. The predicted molar refractivity (Wildman–Crippen MR) is 96.6 cm³/mol. The number of benzene rings is 2. The molecule has 0 spiro atoms. The molecular weight excluding hydrogens is 264 g/mol. The Balaban J connectivity index is 2.13. The van der Waals surface area contributed by atoms with Crippen LogP contribution in [-0.2, 0) is 25.7 Å². The fourth-order valence-corrected chi connectivity index (χ4v) is 3.97. The van der Waals surface area contributed by atoms with Gasteiger partial charge in [0.2, 0.25) is 0 Å². The van der Waals surface area contributed by atoms with E-state index in [0.717, 1.165) is 6.42 Å². The maximum atomic E-state index is 2.44. The minimum absolute atomic E-state index is 1.13. The number of aryl methyl sites for hydroxylation is 5. The summed E-state index contributed by atoms with van der Waals surface area (Å²) in [6, 6.07) is 11.8. The molecule has 1 aliphatic rings. The van der Waals surface area contributed by atoms with Crippen LogP contribution in [0.3, 0.4) is 0 Å². The molecule has 0 nitrogen and oxygen atoms in total. The first-order valence-corrected chi connectivity index (χ1v) is 8.98. The number of hydrogen-bond acceptors (Lipinski definition) is 0. The van der Waals surface area contributed by atoms with Gasteiger partial charge in [0.15, 0.2) is 0 Å². The van der Waals surface area contributed by atoms with Crippen LogP contribution in [0.5, 0.6) is 0 Å². The molecule has 0 N–H and O–H groups in total. The second-order valence-electron chi connectivity index (χ2n) is 6.72. The molecule has 116 valence electrons. The molecule has 0 fully saturated rings. The molecule has 0 bridgehead atoms. The molecule has 3 rings (SSSR count). The van der Waals surface area contributed by atoms with Gasteiger partial charge in [-0.25, -0.2) is 0 Å². The zero-order chi connectivity index (χ0) is 15.5. The van der Waals surface area contributed by atoms with E-state index in [-0.39, 0.29) is 0 Å². The van der Waals surface area contributed by atoms with Gasteiger partial charge in [-0.2, -0.15) is 0 Å². The maximum absolute atomic E-state index is 2.44. The van der Waals surface area contributed by atoms with Gasteiger partial charge in [-0.05, 0) is 72.4 Å². The Bertz CT molecular complexity index is 650. The van der Waals surface area contributed by atoms with Gasteiger partial charge in [0.25, 0.3) is 0 Å². The van der Waals surface area contributed by atoms with Crippen LogP contribution >= 0.6 is 0 Å². The highest BCUT2D eigenvalue weighted by molar-refractivity contribution is 5.79. The monoisotopic (exact) mass is 292 g/mol. The first-order valence-electron chi connectivity index (χ1n) is 8.98. The number of fused-ring (bicyclic) bond motifs is 3. The second-order valence-corrected chi connectivity index (χ2v) is 6.72. The minimum Gasteiger partial charge on any atom is -0.0654 e. The van der Waals surface area contributed by atoms with Crippen LogP contribution in [0.15, 0.2) is 30.3 Å². The van der Waals surface area contributed by atoms with E-state index >= 15 is 0 Å². The Hall–Kier alpha value is -1.56. The lowest BCUT2D eigenvalue weighted by molar-refractivity contribution is 0.716. The van der Waals surface area contributed by atoms with Crippen LogP contribution < -0.4 is 0 Å². The van der Waals surface area contributed by atoms with Crippen molar-refractivity contribution in [3.05, 3.63) is 58.1 Å². The standard InChI is InChI=1S/C22H28/c1-4-6-7-9-19-14-16(3)15-20-13-12-18-11-8-10-17(5-2)21(18)22(19)20/h8,10-11,14-15H,4-7,9,12-13H2,1-3H3. The lowest BCUT2D eigenvalue weighted by Gasteiger charge is -2.26. The first-order chi connectivity index (χ1) is 10.7. The van der Waals surface area contributed by atoms with E-state index in [4.69, 9.17) is 0 Å². The zero-order valence-corrected chi connectivity index (χ0v) is 14.3. The average molecular weight is 292 g/mol. The van der Waals surface area contributed by atoms with Crippen molar-refractivity contribution in [3.63, 3.8) is 0 Å². The van der Waals surface area contributed by atoms with Crippen molar-refractivity contribution >= 4 is 0 Å². The van der Waals surface area contributed by atoms with E-state index in [9.17, 15) is 0 Å². The Morgan fingerprint density at radius 1 is 0.864 bits per heavy atom. The van der Waals surface area contributed by atoms with Gasteiger partial charge in [-0.1, -0.05) is 62.6 Å². The highest BCUT2D eigenvalue weighted by atomic mass is 14.3. The molecule has 0 radical (unpaired) electrons. The Labute approximate surface area is 135 Å². The third-order valence-electron chi connectivity index (χ3n) is 5.03. The fraction of sp³-hybridized carbons (Fsp3) is 0.455. The van der Waals surface area contributed by atoms with Crippen molar-refractivity contribution in [2.75, 3.05) is 0 Å². The van der Waals surface area contributed by atoms with Crippen LogP contribution in [0.1, 0.15) is 60.9 Å². The zero-order valence-electron chi connectivity index (χ0n) is 14.3. The molecule has 22 heavy (non-hydrogen) atoms. The molecule has 0 amide bonds. The third kappa shape index (κ3) is 2.84. The van der Waals surface area contributed by atoms with E-state index in [0.29, 0.717) is 0 Å². The van der Waals surface area contributed by atoms with Gasteiger partial charge in [0.05, 0.1) is 0 Å². The van der Waals surface area contributed by atoms with E-state index < -0.39 is 0 Å². The van der Waals surface area contributed by atoms with Crippen molar-refractivity contribution in [1.29, 1.82) is 0 Å². The normalized spacial score (nSPS) is 12.9. The summed E-state index contributed by atoms with van der Waals surface area (Å²) in [5.41, 5.74) is 10.8. The van der Waals surface area contributed by atoms with Crippen LogP contribution in [0.4, 0.5) is 0 Å². The molecule has 0 heterocycles. The SMILES string of the molecule is CCCCCc1cc(C)cc2c1-c1c(CC)cccc1CC2. The molecule has 0 aromatic heterocycles. The molecule has 2 aromatic rings. The van der Waals surface area contributed by atoms with Gasteiger partial charge in [0, 0.05) is 0 Å². The smallest absolute Gasteiger partial charge is 0.0114 e. The third-order valence-corrected chi connectivity index (χ3v) is 5.03. The van der Waals surface area contributed by atoms with Crippen LogP contribution in [0.2, 0.25) is 0 Å². The van der Waals surface area contributed by atoms with Gasteiger partial charge in [-0.15, -0.1) is 0 Å². The van der Waals surface area contributed by atoms with E-state index in [1.807, 2.05) is 0 Å². The van der Waals surface area contributed by atoms with Crippen molar-refractivity contribution < 1.29 is 0 Å². The molecule has 0 heteroatoms. The molecule has 0 unspecified atom stereocenters. The number of hydrogen-bond donors (Lipinski definition) is 0. The quantitative estimate of drug-likeness (QED) is 0.588. The predicted octanol–water partition coefficient (Wildman–Crippen LogP) is 6.06. The van der Waals surface area contributed by atoms with Gasteiger partial charge < -0.3 is 0 Å². The highest BCUT2D eigenvalue weighted by Gasteiger charge is 2.21. The topological polar surface area (TPSA) is 0 Å². The lowest BCUT2D eigenvalue weighted by Crippen LogP contribution is -2.09. The summed E-state index contributed by atoms with van der Waals surface area (Å²) >= 11 is 0. The summed E-state index contributed by atoms with van der Waals surface area (Å²) in [4.78, 5) is 0. The summed E-state index contributed by atoms with van der Waals surface area (Å²) in [6.07, 6.45) is 8.72. The molecule has 0 aliphatic heterocycles. The molecule has 0 saturated heterocycles. The Morgan fingerprint density at radius 3 is 2.41 bits per heavy atom. The van der Waals surface area contributed by atoms with Crippen molar-refractivity contribution in [2.24, 2.45) is 0 Å². The Kier molecular flexibility index (Phi) is 4.66. The van der Waals surface area contributed by atoms with Gasteiger partial charge in [-0.3, -0.25) is 0 Å². The summed E-state index contributed by atoms with van der Waals surface area (Å²) in [6.45, 7) is 6.83. The minimum atomic E-state index is 1.13. The molecular formula is C22H28. The number of unbranched alkanes of at least 4 members (excludes halogenated alkanes) is 2. The number of rotatable bonds is 5. The van der Waals surface area contributed by atoms with Crippen molar-refractivity contribution in [2.45, 2.75) is 65.7 Å². The van der Waals surface area contributed by atoms with Crippen molar-refractivity contribution in [1.82, 2.24) is 0 Å². The van der Waals surface area contributed by atoms with E-state index in [1.165, 1.54) is 49.7 Å². The summed E-state index contributed by atoms with van der Waals surface area (Å²) < 4.78 is 0. The lowest BCUT2D eigenvalue weighted by atomic mass is 9.78. The van der Waals surface area contributed by atoms with Crippen molar-refractivity contribution in [3.8, 4) is 11.1 Å². The highest BCUT2D eigenvalue weighted by Crippen LogP contribution is 2.39. The van der Waals surface area contributed by atoms with E-state index in [1.54, 1.807) is 27.8 Å². The largest absolute Gasteiger partial charge is 0.0654 e. The maximum Gasteiger partial charge on any atom is -0.0114 e. The van der Waals surface area contributed by atoms with E-state index in [2.05, 4.69) is 51.1 Å². The fourth-order valence-electron chi connectivity index (χ4n) is 3.97. The van der Waals surface area contributed by atoms with Gasteiger partial charge in [0.1, 0.15) is 0 Å². The second kappa shape index (κ2) is 6.69. The van der Waals surface area contributed by atoms with Gasteiger partial charge >= 0.3 is 0 Å². The summed E-state index contributed by atoms with van der Waals surface area (Å²) in [5.74, 6) is 0. The van der Waals surface area contributed by atoms with Crippen LogP contribution in [0, 0.1) is 6.92 Å². The first kappa shape index (κ1) is 15.3. The van der Waals surface area contributed by atoms with Crippen LogP contribution in [-0.4, -0.2) is 0 Å². The Morgan fingerprint density at radius 2 is 1.64 bits per heavy atom. The summed E-state index contributed by atoms with van der Waals surface area (Å²) in [5, 5.41) is 0.